The first kappa shape index (κ1) is 15.0. The van der Waals surface area contributed by atoms with E-state index in [1.54, 1.807) is 0 Å². The largest absolute Gasteiger partial charge is 0.332 e. The summed E-state index contributed by atoms with van der Waals surface area (Å²) in [5.41, 5.74) is 3.28. The van der Waals surface area contributed by atoms with Crippen molar-refractivity contribution in [1.82, 2.24) is 0 Å². The van der Waals surface area contributed by atoms with Crippen LogP contribution >= 0.6 is 28.1 Å². The van der Waals surface area contributed by atoms with Gasteiger partial charge in [-0.3, -0.25) is 0 Å². The molecule has 2 aromatic rings. The van der Waals surface area contributed by atoms with E-state index in [1.165, 1.54) is 5.56 Å². The highest BCUT2D eigenvalue weighted by Gasteiger charge is 2.07. The first-order chi connectivity index (χ1) is 9.56. The maximum atomic E-state index is 5.36. The summed E-state index contributed by atoms with van der Waals surface area (Å²) in [7, 11) is 0. The average molecular weight is 349 g/mol. The van der Waals surface area contributed by atoms with E-state index >= 15 is 0 Å². The van der Waals surface area contributed by atoms with Crippen LogP contribution in [-0.2, 0) is 0 Å². The second-order valence-corrected chi connectivity index (χ2v) is 6.15. The number of halogens is 1. The third-order valence-corrected chi connectivity index (χ3v) is 3.67. The maximum Gasteiger partial charge on any atom is 0.175 e. The Morgan fingerprint density at radius 1 is 1.00 bits per heavy atom. The van der Waals surface area contributed by atoms with Gasteiger partial charge in [0.1, 0.15) is 0 Å². The molecule has 0 aliphatic rings. The Kier molecular flexibility index (Phi) is 5.15. The van der Waals surface area contributed by atoms with Crippen LogP contribution in [0.4, 0.5) is 11.4 Å². The summed E-state index contributed by atoms with van der Waals surface area (Å²) in [5, 5.41) is 7.04. The Balaban J connectivity index is 2.07. The third kappa shape index (κ3) is 4.05. The topological polar surface area (TPSA) is 24.1 Å². The molecule has 0 heterocycles. The van der Waals surface area contributed by atoms with Crippen LogP contribution in [0.15, 0.2) is 53.0 Å². The monoisotopic (exact) mass is 348 g/mol. The van der Waals surface area contributed by atoms with Crippen molar-refractivity contribution < 1.29 is 0 Å². The van der Waals surface area contributed by atoms with Crippen LogP contribution in [0.25, 0.3) is 0 Å². The van der Waals surface area contributed by atoms with Gasteiger partial charge >= 0.3 is 0 Å². The molecule has 0 radical (unpaired) electrons. The van der Waals surface area contributed by atoms with Gasteiger partial charge < -0.3 is 10.6 Å². The predicted molar refractivity (Wildman–Crippen MR) is 94.5 cm³/mol. The van der Waals surface area contributed by atoms with Crippen molar-refractivity contribution >= 4 is 44.6 Å². The molecular formula is C16H17BrN2S. The summed E-state index contributed by atoms with van der Waals surface area (Å²) in [5.74, 6) is 0.453. The number of anilines is 2. The molecule has 4 heteroatoms. The van der Waals surface area contributed by atoms with Gasteiger partial charge in [0.05, 0.1) is 0 Å². The fourth-order valence-corrected chi connectivity index (χ4v) is 2.42. The molecule has 104 valence electrons. The molecule has 0 bridgehead atoms. The average Bonchev–Trinajstić information content (AvgIpc) is 2.41. The van der Waals surface area contributed by atoms with Crippen LogP contribution in [0.5, 0.6) is 0 Å². The van der Waals surface area contributed by atoms with E-state index in [0.29, 0.717) is 11.0 Å². The van der Waals surface area contributed by atoms with Crippen LogP contribution in [0.3, 0.4) is 0 Å². The van der Waals surface area contributed by atoms with E-state index in [9.17, 15) is 0 Å². The fraction of sp³-hybridized carbons (Fsp3) is 0.188. The molecule has 0 aliphatic carbocycles. The van der Waals surface area contributed by atoms with Gasteiger partial charge in [-0.05, 0) is 54.0 Å². The number of hydrogen-bond donors (Lipinski definition) is 2. The Hall–Kier alpha value is -1.39. The molecule has 2 N–H and O–H groups in total. The summed E-state index contributed by atoms with van der Waals surface area (Å²) >= 11 is 8.78. The van der Waals surface area contributed by atoms with Crippen molar-refractivity contribution in [3.63, 3.8) is 0 Å². The minimum Gasteiger partial charge on any atom is -0.332 e. The number of rotatable bonds is 3. The molecule has 0 aromatic heterocycles. The molecule has 0 amide bonds. The normalized spacial score (nSPS) is 10.4. The number of thiocarbonyl (C=S) groups is 1. The van der Waals surface area contributed by atoms with Gasteiger partial charge in [-0.25, -0.2) is 0 Å². The lowest BCUT2D eigenvalue weighted by atomic mass is 10.0. The minimum atomic E-state index is 0.453. The third-order valence-electron chi connectivity index (χ3n) is 2.93. The zero-order chi connectivity index (χ0) is 14.5. The van der Waals surface area contributed by atoms with E-state index in [4.69, 9.17) is 12.2 Å². The zero-order valence-electron chi connectivity index (χ0n) is 11.5. The van der Waals surface area contributed by atoms with Gasteiger partial charge in [-0.2, -0.15) is 0 Å². The Morgan fingerprint density at radius 3 is 2.30 bits per heavy atom. The molecule has 0 fully saturated rings. The summed E-state index contributed by atoms with van der Waals surface area (Å²) in [6.45, 7) is 4.34. The minimum absolute atomic E-state index is 0.453. The van der Waals surface area contributed by atoms with E-state index in [1.807, 2.05) is 42.5 Å². The van der Waals surface area contributed by atoms with Crippen LogP contribution in [0.1, 0.15) is 25.3 Å². The van der Waals surface area contributed by atoms with Crippen molar-refractivity contribution in [3.8, 4) is 0 Å². The first-order valence-corrected chi connectivity index (χ1v) is 7.69. The molecule has 0 unspecified atom stereocenters. The van der Waals surface area contributed by atoms with Crippen LogP contribution in [0, 0.1) is 0 Å². The van der Waals surface area contributed by atoms with Crippen molar-refractivity contribution in [2.45, 2.75) is 19.8 Å². The van der Waals surface area contributed by atoms with Gasteiger partial charge in [0.25, 0.3) is 0 Å². The summed E-state index contributed by atoms with van der Waals surface area (Å²) in [6.07, 6.45) is 0. The first-order valence-electron chi connectivity index (χ1n) is 6.49. The fourth-order valence-electron chi connectivity index (χ4n) is 1.93. The molecule has 20 heavy (non-hydrogen) atoms. The molecule has 0 aliphatic heterocycles. The van der Waals surface area contributed by atoms with Gasteiger partial charge in [-0.1, -0.05) is 48.0 Å². The molecule has 0 saturated carbocycles. The highest BCUT2D eigenvalue weighted by Crippen LogP contribution is 2.24. The second-order valence-electron chi connectivity index (χ2n) is 4.83. The Labute approximate surface area is 133 Å². The lowest BCUT2D eigenvalue weighted by Gasteiger charge is -2.16. The smallest absolute Gasteiger partial charge is 0.175 e. The van der Waals surface area contributed by atoms with Crippen molar-refractivity contribution in [1.29, 1.82) is 0 Å². The van der Waals surface area contributed by atoms with Gasteiger partial charge in [0.2, 0.25) is 0 Å². The highest BCUT2D eigenvalue weighted by molar-refractivity contribution is 9.10. The molecule has 2 aromatic carbocycles. The lowest BCUT2D eigenvalue weighted by Crippen LogP contribution is -2.20. The second kappa shape index (κ2) is 6.86. The summed E-state index contributed by atoms with van der Waals surface area (Å²) in [6, 6.07) is 16.1. The van der Waals surface area contributed by atoms with Crippen molar-refractivity contribution in [2.24, 2.45) is 0 Å². The number of benzene rings is 2. The van der Waals surface area contributed by atoms with Crippen molar-refractivity contribution in [2.75, 3.05) is 10.6 Å². The summed E-state index contributed by atoms with van der Waals surface area (Å²) in [4.78, 5) is 0. The van der Waals surface area contributed by atoms with E-state index < -0.39 is 0 Å². The number of hydrogen-bond acceptors (Lipinski definition) is 1. The summed E-state index contributed by atoms with van der Waals surface area (Å²) < 4.78 is 1.05. The quantitative estimate of drug-likeness (QED) is 0.728. The standard InChI is InChI=1S/C16H17BrN2S/c1-11(2)14-5-3-4-6-15(14)19-16(20)18-13-9-7-12(17)8-10-13/h3-11H,1-2H3,(H2,18,19,20). The van der Waals surface area contributed by atoms with Gasteiger partial charge in [0, 0.05) is 15.8 Å². The van der Waals surface area contributed by atoms with E-state index in [0.717, 1.165) is 15.8 Å². The Morgan fingerprint density at radius 2 is 1.65 bits per heavy atom. The maximum absolute atomic E-state index is 5.36. The SMILES string of the molecule is CC(C)c1ccccc1NC(=S)Nc1ccc(Br)cc1. The molecule has 0 spiro atoms. The molecule has 0 saturated heterocycles. The number of nitrogens with one attached hydrogen (secondary N) is 2. The van der Waals surface area contributed by atoms with Gasteiger partial charge in [-0.15, -0.1) is 0 Å². The molecule has 0 atom stereocenters. The van der Waals surface area contributed by atoms with E-state index in [2.05, 4.69) is 46.5 Å². The highest BCUT2D eigenvalue weighted by atomic mass is 79.9. The molecule has 2 nitrogen and oxygen atoms in total. The van der Waals surface area contributed by atoms with Gasteiger partial charge in [0.15, 0.2) is 5.11 Å². The van der Waals surface area contributed by atoms with Crippen molar-refractivity contribution in [3.05, 3.63) is 58.6 Å². The predicted octanol–water partition coefficient (Wildman–Crippen LogP) is 5.38. The number of para-hydroxylation sites is 1. The van der Waals surface area contributed by atoms with Crippen LogP contribution in [-0.4, -0.2) is 5.11 Å². The van der Waals surface area contributed by atoms with Crippen LogP contribution < -0.4 is 10.6 Å². The van der Waals surface area contributed by atoms with Crippen LogP contribution in [0.2, 0.25) is 0 Å². The van der Waals surface area contributed by atoms with E-state index in [-0.39, 0.29) is 0 Å². The lowest BCUT2D eigenvalue weighted by molar-refractivity contribution is 0.869. The Bertz CT molecular complexity index is 594. The molecular weight excluding hydrogens is 332 g/mol. The zero-order valence-corrected chi connectivity index (χ0v) is 13.9. The molecule has 2 rings (SSSR count).